The molecule has 13 heteroatoms. The fraction of sp³-hybridized carbons (Fsp3) is 0.474. The molecule has 1 unspecified atom stereocenters. The van der Waals surface area contributed by atoms with Crippen LogP contribution in [0.25, 0.3) is 17.2 Å². The maximum Gasteiger partial charge on any atom is 0.281 e. The molecular formula is C19H21F4N7OS. The van der Waals surface area contributed by atoms with E-state index in [1.165, 1.54) is 42.4 Å². The number of aromatic nitrogens is 5. The molecule has 0 amide bonds. The van der Waals surface area contributed by atoms with Crippen molar-refractivity contribution in [2.45, 2.75) is 19.3 Å². The first kappa shape index (κ1) is 22.5. The van der Waals surface area contributed by atoms with Crippen molar-refractivity contribution in [3.8, 4) is 11.5 Å². The van der Waals surface area contributed by atoms with Crippen molar-refractivity contribution in [1.82, 2.24) is 29.1 Å². The predicted molar refractivity (Wildman–Crippen MR) is 111 cm³/mol. The number of rotatable bonds is 6. The highest BCUT2D eigenvalue weighted by Crippen LogP contribution is 2.39. The summed E-state index contributed by atoms with van der Waals surface area (Å²) in [5.41, 5.74) is 0.313. The Morgan fingerprint density at radius 2 is 2.03 bits per heavy atom. The number of hydrogen-bond donors (Lipinski definition) is 1. The molecule has 3 aromatic heterocycles. The summed E-state index contributed by atoms with van der Waals surface area (Å²) >= 11 is 0. The van der Waals surface area contributed by atoms with E-state index in [0.717, 1.165) is 0 Å². The standard InChI is InChI=1S/C19H21F4N7OS/c1-11-8-29(9-12(19(11,22)23)5-27-32(2)31)15-3-4-24-18(28-15)14-6-26-16-7-25-13(17(20)21)10-30(14)16/h3-4,6-7,10-12,17,27H,5,8-9H2,1-2H3/t11-,12+,32?/m0/s1. The Morgan fingerprint density at radius 3 is 2.75 bits per heavy atom. The zero-order chi connectivity index (χ0) is 23.0. The topological polar surface area (TPSA) is 88.3 Å². The minimum Gasteiger partial charge on any atom is -0.355 e. The van der Waals surface area contributed by atoms with E-state index in [-0.39, 0.29) is 25.5 Å². The van der Waals surface area contributed by atoms with Gasteiger partial charge in [-0.3, -0.25) is 4.40 Å². The highest BCUT2D eigenvalue weighted by atomic mass is 32.2. The molecule has 8 nitrogen and oxygen atoms in total. The third-order valence-corrected chi connectivity index (χ3v) is 6.08. The van der Waals surface area contributed by atoms with E-state index in [1.54, 1.807) is 11.0 Å². The van der Waals surface area contributed by atoms with E-state index in [2.05, 4.69) is 24.7 Å². The van der Waals surface area contributed by atoms with Crippen LogP contribution in [0, 0.1) is 11.8 Å². The van der Waals surface area contributed by atoms with Crippen LogP contribution in [0.5, 0.6) is 0 Å². The van der Waals surface area contributed by atoms with E-state index in [0.29, 0.717) is 17.2 Å². The molecule has 4 rings (SSSR count). The van der Waals surface area contributed by atoms with Gasteiger partial charge in [-0.1, -0.05) is 6.92 Å². The van der Waals surface area contributed by atoms with Gasteiger partial charge in [-0.05, 0) is 6.07 Å². The largest absolute Gasteiger partial charge is 0.355 e. The molecule has 4 heterocycles. The molecule has 1 aliphatic heterocycles. The van der Waals surface area contributed by atoms with Gasteiger partial charge in [0.15, 0.2) is 11.5 Å². The molecule has 3 aromatic rings. The number of fused-ring (bicyclic) bond motifs is 1. The molecule has 1 fully saturated rings. The molecule has 3 atom stereocenters. The average molecular weight is 471 g/mol. The SMILES string of the molecule is C[C@H]1CN(c2ccnc(-c3cnc4cnc(C(F)F)cn34)n2)C[C@@H](CNS(C)=O)C1(F)F. The van der Waals surface area contributed by atoms with Crippen molar-refractivity contribution in [3.05, 3.63) is 36.5 Å². The van der Waals surface area contributed by atoms with Gasteiger partial charge in [-0.2, -0.15) is 0 Å². The highest BCUT2D eigenvalue weighted by molar-refractivity contribution is 7.82. The molecule has 0 aromatic carbocycles. The first-order chi connectivity index (χ1) is 15.2. The van der Waals surface area contributed by atoms with Crippen molar-refractivity contribution < 1.29 is 21.8 Å². The van der Waals surface area contributed by atoms with Crippen molar-refractivity contribution in [3.63, 3.8) is 0 Å². The lowest BCUT2D eigenvalue weighted by atomic mass is 9.86. The van der Waals surface area contributed by atoms with Gasteiger partial charge in [0.1, 0.15) is 17.2 Å². The molecule has 0 aliphatic carbocycles. The number of alkyl halides is 4. The molecule has 172 valence electrons. The summed E-state index contributed by atoms with van der Waals surface area (Å²) in [6.07, 6.45) is 3.98. The van der Waals surface area contributed by atoms with Crippen LogP contribution in [-0.2, 0) is 11.0 Å². The maximum absolute atomic E-state index is 14.7. The number of imidazole rings is 1. The van der Waals surface area contributed by atoms with E-state index >= 15 is 0 Å². The van der Waals surface area contributed by atoms with Crippen LogP contribution < -0.4 is 9.62 Å². The summed E-state index contributed by atoms with van der Waals surface area (Å²) in [5.74, 6) is -4.31. The lowest BCUT2D eigenvalue weighted by Gasteiger charge is -2.43. The minimum absolute atomic E-state index is 0.00456. The summed E-state index contributed by atoms with van der Waals surface area (Å²) in [4.78, 5) is 18.3. The third kappa shape index (κ3) is 4.31. The van der Waals surface area contributed by atoms with Crippen molar-refractivity contribution in [1.29, 1.82) is 0 Å². The van der Waals surface area contributed by atoms with E-state index in [4.69, 9.17) is 0 Å². The summed E-state index contributed by atoms with van der Waals surface area (Å²) in [5, 5.41) is 0. The Bertz CT molecular complexity index is 1140. The third-order valence-electron chi connectivity index (χ3n) is 5.50. The lowest BCUT2D eigenvalue weighted by molar-refractivity contribution is -0.108. The summed E-state index contributed by atoms with van der Waals surface area (Å²) in [6, 6.07) is 1.61. The molecule has 0 spiro atoms. The van der Waals surface area contributed by atoms with Crippen LogP contribution in [0.2, 0.25) is 0 Å². The lowest BCUT2D eigenvalue weighted by Crippen LogP contribution is -2.55. The summed E-state index contributed by atoms with van der Waals surface area (Å²) in [7, 11) is -1.41. The Hall–Kier alpha value is -2.67. The van der Waals surface area contributed by atoms with Crippen LogP contribution in [0.1, 0.15) is 19.0 Å². The Morgan fingerprint density at radius 1 is 1.25 bits per heavy atom. The number of nitrogens with zero attached hydrogens (tertiary/aromatic N) is 6. The first-order valence-corrected chi connectivity index (χ1v) is 11.4. The molecule has 1 aliphatic rings. The second kappa shape index (κ2) is 8.70. The highest BCUT2D eigenvalue weighted by Gasteiger charge is 2.49. The fourth-order valence-electron chi connectivity index (χ4n) is 3.75. The second-order valence-electron chi connectivity index (χ2n) is 7.70. The maximum atomic E-state index is 14.7. The number of halogens is 4. The number of anilines is 1. The Kier molecular flexibility index (Phi) is 6.12. The molecule has 0 saturated carbocycles. The van der Waals surface area contributed by atoms with Gasteiger partial charge in [0.2, 0.25) is 0 Å². The van der Waals surface area contributed by atoms with Crippen molar-refractivity contribution in [2.24, 2.45) is 11.8 Å². The molecule has 0 radical (unpaired) electrons. The van der Waals surface area contributed by atoms with Gasteiger partial charge in [0, 0.05) is 44.2 Å². The number of hydrogen-bond acceptors (Lipinski definition) is 6. The first-order valence-electron chi connectivity index (χ1n) is 9.81. The monoisotopic (exact) mass is 471 g/mol. The van der Waals surface area contributed by atoms with Crippen LogP contribution in [-0.4, -0.2) is 60.4 Å². The summed E-state index contributed by atoms with van der Waals surface area (Å²) < 4.78 is 70.9. The van der Waals surface area contributed by atoms with Crippen LogP contribution >= 0.6 is 0 Å². The van der Waals surface area contributed by atoms with Gasteiger partial charge in [-0.25, -0.2) is 46.4 Å². The predicted octanol–water partition coefficient (Wildman–Crippen LogP) is 2.71. The van der Waals surface area contributed by atoms with Gasteiger partial charge >= 0.3 is 0 Å². The normalized spacial score (nSPS) is 21.9. The van der Waals surface area contributed by atoms with Crippen LogP contribution in [0.4, 0.5) is 23.4 Å². The van der Waals surface area contributed by atoms with Gasteiger partial charge in [0.25, 0.3) is 12.3 Å². The molecule has 1 N–H and O–H groups in total. The summed E-state index contributed by atoms with van der Waals surface area (Å²) in [6.45, 7) is 1.44. The van der Waals surface area contributed by atoms with Gasteiger partial charge < -0.3 is 4.90 Å². The van der Waals surface area contributed by atoms with Gasteiger partial charge in [0.05, 0.1) is 29.3 Å². The Labute approximate surface area is 183 Å². The van der Waals surface area contributed by atoms with Gasteiger partial charge in [-0.15, -0.1) is 0 Å². The van der Waals surface area contributed by atoms with Crippen molar-refractivity contribution in [2.75, 3.05) is 30.8 Å². The van der Waals surface area contributed by atoms with E-state index in [1.807, 2.05) is 0 Å². The molecule has 32 heavy (non-hydrogen) atoms. The van der Waals surface area contributed by atoms with Crippen LogP contribution in [0.3, 0.4) is 0 Å². The number of nitrogens with one attached hydrogen (secondary N) is 1. The quantitative estimate of drug-likeness (QED) is 0.557. The zero-order valence-corrected chi connectivity index (χ0v) is 18.1. The average Bonchev–Trinajstić information content (AvgIpc) is 3.18. The smallest absolute Gasteiger partial charge is 0.281 e. The number of piperidine rings is 1. The van der Waals surface area contributed by atoms with Crippen LogP contribution in [0.15, 0.2) is 30.9 Å². The molecule has 0 bridgehead atoms. The Balaban J connectivity index is 1.65. The second-order valence-corrected chi connectivity index (χ2v) is 8.90. The zero-order valence-electron chi connectivity index (χ0n) is 17.3. The minimum atomic E-state index is -2.93. The molecule has 1 saturated heterocycles. The molecular weight excluding hydrogens is 450 g/mol. The van der Waals surface area contributed by atoms with E-state index < -0.39 is 40.9 Å². The van der Waals surface area contributed by atoms with E-state index in [9.17, 15) is 21.8 Å². The van der Waals surface area contributed by atoms with Crippen molar-refractivity contribution >= 4 is 22.5 Å². The fourth-order valence-corrected chi connectivity index (χ4v) is 4.19.